The van der Waals surface area contributed by atoms with Crippen LogP contribution in [0.5, 0.6) is 5.75 Å². The first kappa shape index (κ1) is 24.5. The van der Waals surface area contributed by atoms with E-state index in [-0.39, 0.29) is 16.4 Å². The Balaban J connectivity index is 1.68. The van der Waals surface area contributed by atoms with Gasteiger partial charge in [-0.15, -0.1) is 0 Å². The molecule has 1 saturated heterocycles. The molecule has 4 rings (SSSR count). The molecule has 0 unspecified atom stereocenters. The molecule has 3 heterocycles. The van der Waals surface area contributed by atoms with E-state index < -0.39 is 15.9 Å². The van der Waals surface area contributed by atoms with E-state index in [1.165, 1.54) is 18.2 Å². The van der Waals surface area contributed by atoms with Crippen LogP contribution >= 0.6 is 0 Å². The number of ether oxygens (including phenoxy) is 1. The fourth-order valence-electron chi connectivity index (χ4n) is 3.95. The van der Waals surface area contributed by atoms with Crippen molar-refractivity contribution >= 4 is 27.6 Å². The molecule has 35 heavy (non-hydrogen) atoms. The van der Waals surface area contributed by atoms with E-state index in [0.29, 0.717) is 24.0 Å². The van der Waals surface area contributed by atoms with Gasteiger partial charge in [0.1, 0.15) is 17.4 Å². The smallest absolute Gasteiger partial charge is 0.281 e. The normalized spacial score (nSPS) is 14.5. The predicted octanol–water partition coefficient (Wildman–Crippen LogP) is 3.48. The number of hydrogen-bond acceptors (Lipinski definition) is 8. The molecular formula is C25H29N5O4S. The van der Waals surface area contributed by atoms with Gasteiger partial charge in [-0.1, -0.05) is 13.0 Å². The van der Waals surface area contributed by atoms with Crippen molar-refractivity contribution in [2.24, 2.45) is 5.92 Å². The standard InChI is InChI=1S/C25H29N5O4S/c1-3-34-19-9-7-18(8-10-19)21-12-11-20(24(27-21)30-15-13-17(2)14-16-30)25(31)29-35(32,33)23-6-4-5-22(26)28-23/h4-12,17H,3,13-16H2,1-2H3,(H2,26,28)(H,29,31). The molecule has 1 aromatic carbocycles. The van der Waals surface area contributed by atoms with Gasteiger partial charge in [-0.2, -0.15) is 8.42 Å². The number of nitrogens with two attached hydrogens (primary N) is 1. The number of rotatable bonds is 7. The van der Waals surface area contributed by atoms with Crippen molar-refractivity contribution in [2.75, 3.05) is 30.3 Å². The van der Waals surface area contributed by atoms with E-state index in [4.69, 9.17) is 15.5 Å². The van der Waals surface area contributed by atoms with Crippen LogP contribution in [0.25, 0.3) is 11.3 Å². The molecule has 0 bridgehead atoms. The summed E-state index contributed by atoms with van der Waals surface area (Å²) in [6, 6.07) is 15.1. The van der Waals surface area contributed by atoms with Gasteiger partial charge in [-0.05, 0) is 74.2 Å². The number of carbonyl (C=O) groups is 1. The first-order valence-corrected chi connectivity index (χ1v) is 13.0. The zero-order valence-corrected chi connectivity index (χ0v) is 20.6. The average Bonchev–Trinajstić information content (AvgIpc) is 2.84. The molecule has 9 nitrogen and oxygen atoms in total. The average molecular weight is 496 g/mol. The molecule has 0 spiro atoms. The molecule has 3 N–H and O–H groups in total. The Morgan fingerprint density at radius 2 is 1.80 bits per heavy atom. The molecule has 0 atom stereocenters. The van der Waals surface area contributed by atoms with E-state index in [9.17, 15) is 13.2 Å². The predicted molar refractivity (Wildman–Crippen MR) is 135 cm³/mol. The molecule has 1 amide bonds. The van der Waals surface area contributed by atoms with Gasteiger partial charge in [-0.3, -0.25) is 4.79 Å². The second kappa shape index (κ2) is 10.3. The van der Waals surface area contributed by atoms with Crippen LogP contribution in [0.15, 0.2) is 59.6 Å². The van der Waals surface area contributed by atoms with Crippen LogP contribution in [0.4, 0.5) is 11.6 Å². The van der Waals surface area contributed by atoms with Crippen molar-refractivity contribution in [3.8, 4) is 17.0 Å². The van der Waals surface area contributed by atoms with E-state index in [1.807, 2.05) is 36.1 Å². The third-order valence-electron chi connectivity index (χ3n) is 5.91. The molecule has 3 aromatic rings. The zero-order valence-electron chi connectivity index (χ0n) is 19.8. The lowest BCUT2D eigenvalue weighted by atomic mass is 9.98. The van der Waals surface area contributed by atoms with Crippen LogP contribution in [0.1, 0.15) is 37.0 Å². The monoisotopic (exact) mass is 495 g/mol. The Morgan fingerprint density at radius 3 is 2.46 bits per heavy atom. The lowest BCUT2D eigenvalue weighted by Crippen LogP contribution is -2.37. The highest BCUT2D eigenvalue weighted by Gasteiger charge is 2.27. The quantitative estimate of drug-likeness (QED) is 0.510. The maximum atomic E-state index is 13.2. The number of hydrogen-bond donors (Lipinski definition) is 2. The summed E-state index contributed by atoms with van der Waals surface area (Å²) in [5, 5.41) is -0.321. The van der Waals surface area contributed by atoms with Gasteiger partial charge in [0.2, 0.25) is 0 Å². The number of nitrogens with one attached hydrogen (secondary N) is 1. The largest absolute Gasteiger partial charge is 0.494 e. The van der Waals surface area contributed by atoms with Crippen molar-refractivity contribution in [3.05, 3.63) is 60.2 Å². The van der Waals surface area contributed by atoms with Gasteiger partial charge < -0.3 is 15.4 Å². The molecule has 1 fully saturated rings. The number of sulfonamides is 1. The molecule has 0 aliphatic carbocycles. The third kappa shape index (κ3) is 5.71. The lowest BCUT2D eigenvalue weighted by Gasteiger charge is -2.32. The SMILES string of the molecule is CCOc1ccc(-c2ccc(C(=O)NS(=O)(=O)c3cccc(N)n3)c(N3CCC(C)CC3)n2)cc1. The number of anilines is 2. The van der Waals surface area contributed by atoms with Crippen molar-refractivity contribution in [1.29, 1.82) is 0 Å². The van der Waals surface area contributed by atoms with Crippen LogP contribution < -0.4 is 20.1 Å². The molecule has 2 aromatic heterocycles. The lowest BCUT2D eigenvalue weighted by molar-refractivity contribution is 0.0981. The summed E-state index contributed by atoms with van der Waals surface area (Å²) >= 11 is 0. The summed E-state index contributed by atoms with van der Waals surface area (Å²) in [5.41, 5.74) is 7.34. The summed E-state index contributed by atoms with van der Waals surface area (Å²) in [7, 11) is -4.21. The third-order valence-corrected chi connectivity index (χ3v) is 7.14. The van der Waals surface area contributed by atoms with Crippen molar-refractivity contribution in [2.45, 2.75) is 31.7 Å². The molecular weight excluding hydrogens is 466 g/mol. The van der Waals surface area contributed by atoms with Crippen molar-refractivity contribution in [1.82, 2.24) is 14.7 Å². The number of carbonyl (C=O) groups excluding carboxylic acids is 1. The highest BCUT2D eigenvalue weighted by molar-refractivity contribution is 7.90. The van der Waals surface area contributed by atoms with E-state index in [2.05, 4.69) is 16.6 Å². The van der Waals surface area contributed by atoms with Crippen LogP contribution in [-0.4, -0.2) is 44.0 Å². The fourth-order valence-corrected chi connectivity index (χ4v) is 4.89. The minimum absolute atomic E-state index is 0.0461. The number of piperidine rings is 1. The molecule has 1 aliphatic heterocycles. The second-order valence-corrected chi connectivity index (χ2v) is 10.2. The highest BCUT2D eigenvalue weighted by Crippen LogP contribution is 2.29. The Kier molecular flexibility index (Phi) is 7.20. The zero-order chi connectivity index (χ0) is 25.0. The summed E-state index contributed by atoms with van der Waals surface area (Å²) < 4.78 is 33.2. The number of benzene rings is 1. The van der Waals surface area contributed by atoms with Crippen LogP contribution in [-0.2, 0) is 10.0 Å². The maximum Gasteiger partial charge on any atom is 0.281 e. The molecule has 10 heteroatoms. The van der Waals surface area contributed by atoms with Crippen LogP contribution in [0.3, 0.4) is 0 Å². The fraction of sp³-hybridized carbons (Fsp3) is 0.320. The number of nitrogens with zero attached hydrogens (tertiary/aromatic N) is 3. The number of amides is 1. The number of pyridine rings is 2. The number of nitrogen functional groups attached to an aromatic ring is 1. The summed E-state index contributed by atoms with van der Waals surface area (Å²) in [6.45, 7) is 6.15. The summed E-state index contributed by atoms with van der Waals surface area (Å²) in [5.74, 6) is 1.07. The van der Waals surface area contributed by atoms with E-state index in [1.54, 1.807) is 12.1 Å². The topological polar surface area (TPSA) is 128 Å². The van der Waals surface area contributed by atoms with Gasteiger partial charge in [0.05, 0.1) is 17.9 Å². The van der Waals surface area contributed by atoms with Gasteiger partial charge in [-0.25, -0.2) is 14.7 Å². The Morgan fingerprint density at radius 1 is 1.09 bits per heavy atom. The van der Waals surface area contributed by atoms with E-state index in [0.717, 1.165) is 37.2 Å². The highest BCUT2D eigenvalue weighted by atomic mass is 32.2. The van der Waals surface area contributed by atoms with Crippen molar-refractivity contribution in [3.63, 3.8) is 0 Å². The van der Waals surface area contributed by atoms with Gasteiger partial charge >= 0.3 is 0 Å². The number of aromatic nitrogens is 2. The maximum absolute atomic E-state index is 13.2. The first-order valence-electron chi connectivity index (χ1n) is 11.6. The van der Waals surface area contributed by atoms with Gasteiger partial charge in [0.15, 0.2) is 5.03 Å². The Labute approximate surface area is 205 Å². The van der Waals surface area contributed by atoms with Gasteiger partial charge in [0.25, 0.3) is 15.9 Å². The summed E-state index contributed by atoms with van der Waals surface area (Å²) in [4.78, 5) is 23.8. The second-order valence-electron chi connectivity index (χ2n) is 8.53. The molecule has 1 aliphatic rings. The van der Waals surface area contributed by atoms with Crippen molar-refractivity contribution < 1.29 is 17.9 Å². The summed E-state index contributed by atoms with van der Waals surface area (Å²) in [6.07, 6.45) is 1.92. The Hall–Kier alpha value is -3.66. The van der Waals surface area contributed by atoms with Gasteiger partial charge in [0, 0.05) is 18.7 Å². The molecule has 0 saturated carbocycles. The Bertz CT molecular complexity index is 1300. The first-order chi connectivity index (χ1) is 16.8. The van der Waals surface area contributed by atoms with Crippen LogP contribution in [0, 0.1) is 5.92 Å². The van der Waals surface area contributed by atoms with Crippen LogP contribution in [0.2, 0.25) is 0 Å². The molecule has 0 radical (unpaired) electrons. The molecule has 184 valence electrons. The van der Waals surface area contributed by atoms with E-state index >= 15 is 0 Å². The minimum Gasteiger partial charge on any atom is -0.494 e. The minimum atomic E-state index is -4.21.